The molecule has 5 nitrogen and oxygen atoms in total. The molecule has 0 aliphatic heterocycles. The number of imidazole rings is 1. The lowest BCUT2D eigenvalue weighted by atomic mass is 10.2. The molecule has 2 aromatic rings. The molecule has 0 radical (unpaired) electrons. The second-order valence-corrected chi connectivity index (χ2v) is 5.00. The van der Waals surface area contributed by atoms with Crippen LogP contribution in [0.1, 0.15) is 24.2 Å². The van der Waals surface area contributed by atoms with Gasteiger partial charge in [0.25, 0.3) is 0 Å². The van der Waals surface area contributed by atoms with Gasteiger partial charge in [0.05, 0.1) is 13.2 Å². The molecule has 1 amide bonds. The van der Waals surface area contributed by atoms with E-state index in [1.54, 1.807) is 24.3 Å². The molecule has 1 aromatic carbocycles. The third-order valence-electron chi connectivity index (χ3n) is 3.25. The summed E-state index contributed by atoms with van der Waals surface area (Å²) in [4.78, 5) is 20.7. The van der Waals surface area contributed by atoms with Crippen molar-refractivity contribution in [3.05, 3.63) is 48.0 Å². The average Bonchev–Trinajstić information content (AvgIpc) is 2.98. The predicted molar refractivity (Wildman–Crippen MR) is 81.0 cm³/mol. The Labute approximate surface area is 125 Å². The van der Waals surface area contributed by atoms with E-state index in [9.17, 15) is 4.79 Å². The zero-order valence-electron chi connectivity index (χ0n) is 12.5. The highest BCUT2D eigenvalue weighted by atomic mass is 16.5. The van der Waals surface area contributed by atoms with E-state index in [4.69, 9.17) is 4.74 Å². The second-order valence-electron chi connectivity index (χ2n) is 5.00. The third-order valence-corrected chi connectivity index (χ3v) is 3.25. The summed E-state index contributed by atoms with van der Waals surface area (Å²) in [5.41, 5.74) is 1.11. The zero-order chi connectivity index (χ0) is 15.1. The number of amides is 1. The van der Waals surface area contributed by atoms with Crippen LogP contribution in [0.2, 0.25) is 0 Å². The zero-order valence-corrected chi connectivity index (χ0v) is 12.5. The minimum atomic E-state index is 0.0970. The lowest BCUT2D eigenvalue weighted by Gasteiger charge is -2.16. The number of nitrogens with one attached hydrogen (secondary N) is 1. The summed E-state index contributed by atoms with van der Waals surface area (Å²) in [7, 11) is 1.78. The van der Waals surface area contributed by atoms with Crippen LogP contribution in [0.4, 0.5) is 0 Å². The van der Waals surface area contributed by atoms with Gasteiger partial charge in [-0.15, -0.1) is 0 Å². The second kappa shape index (κ2) is 7.47. The summed E-state index contributed by atoms with van der Waals surface area (Å²) in [6.45, 7) is 3.06. The molecule has 0 spiro atoms. The largest absolute Gasteiger partial charge is 0.493 e. The topological polar surface area (TPSA) is 58.2 Å². The Balaban J connectivity index is 1.68. The smallest absolute Gasteiger partial charge is 0.222 e. The van der Waals surface area contributed by atoms with Crippen LogP contribution < -0.4 is 4.74 Å². The number of hydrogen-bond donors (Lipinski definition) is 1. The number of aromatic amines is 1. The highest BCUT2D eigenvalue weighted by molar-refractivity contribution is 5.75. The summed E-state index contributed by atoms with van der Waals surface area (Å²) < 4.78 is 5.68. The average molecular weight is 287 g/mol. The van der Waals surface area contributed by atoms with Crippen LogP contribution in [0.25, 0.3) is 0 Å². The number of aromatic nitrogens is 2. The molecule has 0 saturated heterocycles. The Hall–Kier alpha value is -2.30. The van der Waals surface area contributed by atoms with Gasteiger partial charge in [0.1, 0.15) is 11.6 Å². The van der Waals surface area contributed by atoms with Crippen LogP contribution in [0, 0.1) is 6.92 Å². The first-order valence-electron chi connectivity index (χ1n) is 7.07. The number of hydrogen-bond acceptors (Lipinski definition) is 3. The minimum Gasteiger partial charge on any atom is -0.493 e. The van der Waals surface area contributed by atoms with Gasteiger partial charge >= 0.3 is 0 Å². The molecular weight excluding hydrogens is 266 g/mol. The number of carbonyl (C=O) groups excluding carboxylic acids is 1. The molecule has 112 valence electrons. The molecule has 0 fully saturated rings. The van der Waals surface area contributed by atoms with Crippen molar-refractivity contribution in [3.8, 4) is 5.75 Å². The lowest BCUT2D eigenvalue weighted by Crippen LogP contribution is -2.26. The van der Waals surface area contributed by atoms with Gasteiger partial charge in [-0.1, -0.05) is 18.2 Å². The van der Waals surface area contributed by atoms with Gasteiger partial charge in [-0.2, -0.15) is 0 Å². The van der Waals surface area contributed by atoms with Crippen LogP contribution in [-0.4, -0.2) is 34.4 Å². The Bertz CT molecular complexity index is 567. The first-order chi connectivity index (χ1) is 10.2. The van der Waals surface area contributed by atoms with Crippen molar-refractivity contribution in [2.75, 3.05) is 13.7 Å². The number of para-hydroxylation sites is 1. The molecule has 0 unspecified atom stereocenters. The standard InChI is InChI=1S/C16H21N3O2/c1-13-6-3-4-7-14(13)21-11-5-8-16(20)19(2)12-15-17-9-10-18-15/h3-4,6-7,9-10H,5,8,11-12H2,1-2H3,(H,17,18). The Morgan fingerprint density at radius 3 is 2.90 bits per heavy atom. The fourth-order valence-electron chi connectivity index (χ4n) is 2.01. The van der Waals surface area contributed by atoms with Crippen LogP contribution in [0.3, 0.4) is 0 Å². The van der Waals surface area contributed by atoms with Crippen LogP contribution in [-0.2, 0) is 11.3 Å². The maximum atomic E-state index is 12.0. The Kier molecular flexibility index (Phi) is 5.37. The van der Waals surface area contributed by atoms with Gasteiger partial charge in [-0.25, -0.2) is 4.98 Å². The maximum absolute atomic E-state index is 12.0. The first-order valence-corrected chi connectivity index (χ1v) is 7.07. The van der Waals surface area contributed by atoms with Gasteiger partial charge < -0.3 is 14.6 Å². The van der Waals surface area contributed by atoms with E-state index in [1.165, 1.54) is 0 Å². The highest BCUT2D eigenvalue weighted by Gasteiger charge is 2.10. The number of nitrogens with zero attached hydrogens (tertiary/aromatic N) is 2. The van der Waals surface area contributed by atoms with E-state index in [-0.39, 0.29) is 5.91 Å². The molecule has 1 aromatic heterocycles. The molecule has 2 rings (SSSR count). The fraction of sp³-hybridized carbons (Fsp3) is 0.375. The Morgan fingerprint density at radius 1 is 1.38 bits per heavy atom. The van der Waals surface area contributed by atoms with Crippen molar-refractivity contribution in [1.82, 2.24) is 14.9 Å². The number of benzene rings is 1. The van der Waals surface area contributed by atoms with Crippen LogP contribution >= 0.6 is 0 Å². The Morgan fingerprint density at radius 2 is 2.19 bits per heavy atom. The number of carbonyl (C=O) groups is 1. The molecule has 0 atom stereocenters. The molecule has 0 aliphatic rings. The predicted octanol–water partition coefficient (Wildman–Crippen LogP) is 2.54. The SMILES string of the molecule is Cc1ccccc1OCCCC(=O)N(C)Cc1ncc[nH]1. The van der Waals surface area contributed by atoms with Crippen LogP contribution in [0.15, 0.2) is 36.7 Å². The van der Waals surface area contributed by atoms with Crippen molar-refractivity contribution in [1.29, 1.82) is 0 Å². The molecule has 0 aliphatic carbocycles. The number of aryl methyl sites for hydroxylation is 1. The first kappa shape index (κ1) is 15.1. The number of ether oxygens (including phenoxy) is 1. The van der Waals surface area contributed by atoms with Gasteiger partial charge in [0, 0.05) is 25.9 Å². The van der Waals surface area contributed by atoms with E-state index in [0.717, 1.165) is 17.1 Å². The maximum Gasteiger partial charge on any atom is 0.222 e. The third kappa shape index (κ3) is 4.63. The molecular formula is C16H21N3O2. The normalized spacial score (nSPS) is 10.4. The molecule has 0 saturated carbocycles. The van der Waals surface area contributed by atoms with Crippen molar-refractivity contribution in [2.24, 2.45) is 0 Å². The van der Waals surface area contributed by atoms with E-state index in [1.807, 2.05) is 31.2 Å². The molecule has 0 bridgehead atoms. The summed E-state index contributed by atoms with van der Waals surface area (Å²) >= 11 is 0. The molecule has 5 heteroatoms. The highest BCUT2D eigenvalue weighted by Crippen LogP contribution is 2.16. The van der Waals surface area contributed by atoms with Crippen LogP contribution in [0.5, 0.6) is 5.75 Å². The molecule has 21 heavy (non-hydrogen) atoms. The van der Waals surface area contributed by atoms with Crippen molar-refractivity contribution >= 4 is 5.91 Å². The van der Waals surface area contributed by atoms with Gasteiger partial charge in [0.2, 0.25) is 5.91 Å². The summed E-state index contributed by atoms with van der Waals surface area (Å²) in [5, 5.41) is 0. The lowest BCUT2D eigenvalue weighted by molar-refractivity contribution is -0.130. The van der Waals surface area contributed by atoms with Gasteiger partial charge in [0.15, 0.2) is 0 Å². The van der Waals surface area contributed by atoms with E-state index < -0.39 is 0 Å². The fourth-order valence-corrected chi connectivity index (χ4v) is 2.01. The quantitative estimate of drug-likeness (QED) is 0.796. The molecule has 1 heterocycles. The summed E-state index contributed by atoms with van der Waals surface area (Å²) in [6.07, 6.45) is 4.62. The minimum absolute atomic E-state index is 0.0970. The van der Waals surface area contributed by atoms with E-state index >= 15 is 0 Å². The molecule has 1 N–H and O–H groups in total. The van der Waals surface area contributed by atoms with Crippen molar-refractivity contribution < 1.29 is 9.53 Å². The summed E-state index contributed by atoms with van der Waals surface area (Å²) in [6, 6.07) is 7.89. The van der Waals surface area contributed by atoms with Gasteiger partial charge in [-0.3, -0.25) is 4.79 Å². The summed E-state index contributed by atoms with van der Waals surface area (Å²) in [5.74, 6) is 1.77. The van der Waals surface area contributed by atoms with E-state index in [0.29, 0.717) is 26.0 Å². The van der Waals surface area contributed by atoms with E-state index in [2.05, 4.69) is 9.97 Å². The number of H-pyrrole nitrogens is 1. The van der Waals surface area contributed by atoms with Crippen molar-refractivity contribution in [2.45, 2.75) is 26.3 Å². The van der Waals surface area contributed by atoms with Crippen molar-refractivity contribution in [3.63, 3.8) is 0 Å². The van der Waals surface area contributed by atoms with Gasteiger partial charge in [-0.05, 0) is 25.0 Å². The number of rotatable bonds is 7. The monoisotopic (exact) mass is 287 g/mol.